The Labute approximate surface area is 195 Å². The van der Waals surface area contributed by atoms with Crippen molar-refractivity contribution in [2.75, 3.05) is 11.9 Å². The van der Waals surface area contributed by atoms with Crippen LogP contribution in [-0.2, 0) is 20.2 Å². The first-order valence-corrected chi connectivity index (χ1v) is 12.9. The summed E-state index contributed by atoms with van der Waals surface area (Å²) < 4.78 is 33.8. The van der Waals surface area contributed by atoms with Crippen LogP contribution in [0.1, 0.15) is 56.1 Å². The zero-order valence-corrected chi connectivity index (χ0v) is 19.6. The lowest BCUT2D eigenvalue weighted by Crippen LogP contribution is -2.36. The third kappa shape index (κ3) is 5.55. The van der Waals surface area contributed by atoms with E-state index in [0.29, 0.717) is 17.0 Å². The highest BCUT2D eigenvalue weighted by Crippen LogP contribution is 2.47. The molecule has 2 fully saturated rings. The highest BCUT2D eigenvalue weighted by molar-refractivity contribution is 7.89. The predicted molar refractivity (Wildman–Crippen MR) is 125 cm³/mol. The molecule has 2 aliphatic carbocycles. The molecule has 33 heavy (non-hydrogen) atoms. The summed E-state index contributed by atoms with van der Waals surface area (Å²) in [5.74, 6) is 0.140. The van der Waals surface area contributed by atoms with Crippen LogP contribution in [0.3, 0.4) is 0 Å². The second-order valence-corrected chi connectivity index (χ2v) is 10.7. The molecule has 4 rings (SSSR count). The van der Waals surface area contributed by atoms with Crippen molar-refractivity contribution in [2.24, 2.45) is 0 Å². The molecule has 0 bridgehead atoms. The van der Waals surface area contributed by atoms with E-state index in [9.17, 15) is 18.5 Å². The summed E-state index contributed by atoms with van der Waals surface area (Å²) in [5, 5.41) is 12.1. The third-order valence-corrected chi connectivity index (χ3v) is 7.95. The molecule has 174 valence electrons. The fourth-order valence-corrected chi connectivity index (χ4v) is 5.65. The van der Waals surface area contributed by atoms with Gasteiger partial charge in [0.1, 0.15) is 5.75 Å². The molecule has 0 atom stereocenters. The van der Waals surface area contributed by atoms with Gasteiger partial charge in [-0.3, -0.25) is 4.79 Å². The van der Waals surface area contributed by atoms with Gasteiger partial charge in [0.15, 0.2) is 6.61 Å². The quantitative estimate of drug-likeness (QED) is 0.605. The van der Waals surface area contributed by atoms with Crippen molar-refractivity contribution >= 4 is 21.6 Å². The SMILES string of the molecule is Cc1cc(S(=O)(=O)NC2CCCCC2)ccc1OCC(=O)Nc1ccc(C2(C#N)CC2)cc1. The molecule has 1 amide bonds. The molecule has 0 unspecified atom stereocenters. The number of anilines is 1. The van der Waals surface area contributed by atoms with Crippen LogP contribution >= 0.6 is 0 Å². The Balaban J connectivity index is 1.32. The number of carbonyl (C=O) groups is 1. The Morgan fingerprint density at radius 3 is 2.42 bits per heavy atom. The van der Waals surface area contributed by atoms with Crippen molar-refractivity contribution in [1.82, 2.24) is 4.72 Å². The molecule has 2 aliphatic rings. The lowest BCUT2D eigenvalue weighted by molar-refractivity contribution is -0.118. The Kier molecular flexibility index (Phi) is 6.73. The van der Waals surface area contributed by atoms with Crippen molar-refractivity contribution in [3.63, 3.8) is 0 Å². The van der Waals surface area contributed by atoms with Gasteiger partial charge in [-0.15, -0.1) is 0 Å². The van der Waals surface area contributed by atoms with Gasteiger partial charge in [-0.05, 0) is 74.1 Å². The topological polar surface area (TPSA) is 108 Å². The Morgan fingerprint density at radius 1 is 1.12 bits per heavy atom. The second kappa shape index (κ2) is 9.54. The van der Waals surface area contributed by atoms with Crippen LogP contribution in [0.25, 0.3) is 0 Å². The van der Waals surface area contributed by atoms with Crippen molar-refractivity contribution in [3.05, 3.63) is 53.6 Å². The lowest BCUT2D eigenvalue weighted by atomic mass is 9.96. The summed E-state index contributed by atoms with van der Waals surface area (Å²) in [5.41, 5.74) is 1.90. The molecular formula is C25H29N3O4S. The summed E-state index contributed by atoms with van der Waals surface area (Å²) in [7, 11) is -3.59. The largest absolute Gasteiger partial charge is 0.483 e. The van der Waals surface area contributed by atoms with E-state index in [4.69, 9.17) is 4.74 Å². The highest BCUT2D eigenvalue weighted by atomic mass is 32.2. The average Bonchev–Trinajstić information content (AvgIpc) is 3.60. The van der Waals surface area contributed by atoms with Crippen LogP contribution in [0.15, 0.2) is 47.4 Å². The van der Waals surface area contributed by atoms with E-state index in [1.807, 2.05) is 12.1 Å². The number of sulfonamides is 1. The minimum absolute atomic E-state index is 0.00699. The Morgan fingerprint density at radius 2 is 1.82 bits per heavy atom. The summed E-state index contributed by atoms with van der Waals surface area (Å²) in [6.07, 6.45) is 6.74. The van der Waals surface area contributed by atoms with Gasteiger partial charge in [0, 0.05) is 11.7 Å². The van der Waals surface area contributed by atoms with E-state index in [1.54, 1.807) is 31.2 Å². The number of nitrogens with zero attached hydrogens (tertiary/aromatic N) is 1. The average molecular weight is 468 g/mol. The summed E-state index contributed by atoms with van der Waals surface area (Å²) in [4.78, 5) is 12.5. The molecule has 2 aromatic rings. The molecule has 0 radical (unpaired) electrons. The lowest BCUT2D eigenvalue weighted by Gasteiger charge is -2.22. The van der Waals surface area contributed by atoms with E-state index in [0.717, 1.165) is 50.5 Å². The van der Waals surface area contributed by atoms with Gasteiger partial charge >= 0.3 is 0 Å². The van der Waals surface area contributed by atoms with Crippen molar-refractivity contribution in [2.45, 2.75) is 68.2 Å². The smallest absolute Gasteiger partial charge is 0.262 e. The summed E-state index contributed by atoms with van der Waals surface area (Å²) >= 11 is 0. The normalized spacial score (nSPS) is 17.7. The number of ether oxygens (including phenoxy) is 1. The Bertz CT molecular complexity index is 1160. The summed E-state index contributed by atoms with van der Waals surface area (Å²) in [6.45, 7) is 1.56. The molecule has 0 saturated heterocycles. The van der Waals surface area contributed by atoms with Crippen LogP contribution in [0, 0.1) is 18.3 Å². The van der Waals surface area contributed by atoms with E-state index in [1.165, 1.54) is 6.07 Å². The molecule has 2 N–H and O–H groups in total. The maximum Gasteiger partial charge on any atom is 0.262 e. The van der Waals surface area contributed by atoms with Crippen LogP contribution in [0.4, 0.5) is 5.69 Å². The van der Waals surface area contributed by atoms with E-state index in [-0.39, 0.29) is 28.9 Å². The third-order valence-electron chi connectivity index (χ3n) is 6.43. The van der Waals surface area contributed by atoms with Gasteiger partial charge in [-0.25, -0.2) is 13.1 Å². The predicted octanol–water partition coefficient (Wildman–Crippen LogP) is 4.18. The van der Waals surface area contributed by atoms with Crippen molar-refractivity contribution < 1.29 is 17.9 Å². The van der Waals surface area contributed by atoms with Gasteiger partial charge in [0.2, 0.25) is 10.0 Å². The second-order valence-electron chi connectivity index (χ2n) is 8.99. The number of aryl methyl sites for hydroxylation is 1. The van der Waals surface area contributed by atoms with E-state index >= 15 is 0 Å². The molecule has 8 heteroatoms. The highest BCUT2D eigenvalue weighted by Gasteiger charge is 2.44. The molecule has 2 saturated carbocycles. The number of amides is 1. The molecule has 0 heterocycles. The number of benzene rings is 2. The zero-order valence-electron chi connectivity index (χ0n) is 18.8. The van der Waals surface area contributed by atoms with Crippen molar-refractivity contribution in [1.29, 1.82) is 5.26 Å². The van der Waals surface area contributed by atoms with Gasteiger partial charge in [0.25, 0.3) is 5.91 Å². The van der Waals surface area contributed by atoms with Gasteiger partial charge in [-0.2, -0.15) is 5.26 Å². The van der Waals surface area contributed by atoms with E-state index < -0.39 is 10.0 Å². The van der Waals surface area contributed by atoms with Gasteiger partial charge < -0.3 is 10.1 Å². The minimum Gasteiger partial charge on any atom is -0.483 e. The van der Waals surface area contributed by atoms with Gasteiger partial charge in [0.05, 0.1) is 16.4 Å². The van der Waals surface area contributed by atoms with Crippen LogP contribution in [0.5, 0.6) is 5.75 Å². The maximum atomic E-state index is 12.7. The van der Waals surface area contributed by atoms with Gasteiger partial charge in [-0.1, -0.05) is 31.4 Å². The molecule has 0 spiro atoms. The first-order valence-electron chi connectivity index (χ1n) is 11.4. The summed E-state index contributed by atoms with van der Waals surface area (Å²) in [6, 6.07) is 14.3. The number of carbonyl (C=O) groups excluding carboxylic acids is 1. The molecule has 7 nitrogen and oxygen atoms in total. The zero-order chi connectivity index (χ0) is 23.5. The number of nitriles is 1. The number of hydrogen-bond donors (Lipinski definition) is 2. The monoisotopic (exact) mass is 467 g/mol. The fourth-order valence-electron chi connectivity index (χ4n) is 4.26. The first kappa shape index (κ1) is 23.3. The first-order chi connectivity index (χ1) is 15.8. The standard InChI is InChI=1S/C25H29N3O4S/c1-18-15-22(33(30,31)28-21-5-3-2-4-6-21)11-12-23(18)32-16-24(29)27-20-9-7-19(8-10-20)25(17-26)13-14-25/h7-12,15,21,28H,2-6,13-14,16H2,1H3,(H,27,29). The van der Waals surface area contributed by atoms with Crippen molar-refractivity contribution in [3.8, 4) is 11.8 Å². The van der Waals surface area contributed by atoms with E-state index in [2.05, 4.69) is 16.1 Å². The molecule has 0 aliphatic heterocycles. The Hall–Kier alpha value is -2.89. The fraction of sp³-hybridized carbons (Fsp3) is 0.440. The molecule has 0 aromatic heterocycles. The minimum atomic E-state index is -3.59. The maximum absolute atomic E-state index is 12.7. The van der Waals surface area contributed by atoms with Crippen LogP contribution in [0.2, 0.25) is 0 Å². The molecule has 2 aromatic carbocycles. The molecular weight excluding hydrogens is 438 g/mol. The van der Waals surface area contributed by atoms with Crippen LogP contribution < -0.4 is 14.8 Å². The number of nitrogens with one attached hydrogen (secondary N) is 2. The number of rotatable bonds is 8. The number of hydrogen-bond acceptors (Lipinski definition) is 5. The van der Waals surface area contributed by atoms with Crippen LogP contribution in [-0.4, -0.2) is 27.0 Å².